The van der Waals surface area contributed by atoms with Gasteiger partial charge in [0.15, 0.2) is 0 Å². The molecule has 0 aromatic heterocycles. The maximum atomic E-state index is 11.4. The quantitative estimate of drug-likeness (QED) is 0.577. The van der Waals surface area contributed by atoms with Gasteiger partial charge in [0.1, 0.15) is 6.04 Å². The molecule has 0 rings (SSSR count). The second kappa shape index (κ2) is 7.23. The predicted octanol–water partition coefficient (Wildman–Crippen LogP) is 0.483. The summed E-state index contributed by atoms with van der Waals surface area (Å²) in [5.41, 5.74) is 5.60. The SMILES string of the molecule is CCCCC(N)C(=O)N[C@H](CC)C(=O)O. The minimum Gasteiger partial charge on any atom is -0.480 e. The molecule has 0 heterocycles. The molecule has 0 spiro atoms. The highest BCUT2D eigenvalue weighted by Gasteiger charge is 2.20. The zero-order chi connectivity index (χ0) is 11.8. The van der Waals surface area contributed by atoms with E-state index < -0.39 is 18.1 Å². The number of unbranched alkanes of at least 4 members (excludes halogenated alkanes) is 1. The lowest BCUT2D eigenvalue weighted by atomic mass is 10.1. The third kappa shape index (κ3) is 5.37. The summed E-state index contributed by atoms with van der Waals surface area (Å²) in [6, 6.07) is -1.43. The minimum atomic E-state index is -1.02. The molecule has 0 aliphatic heterocycles. The Morgan fingerprint density at radius 3 is 2.40 bits per heavy atom. The molecule has 15 heavy (non-hydrogen) atoms. The number of hydrogen-bond acceptors (Lipinski definition) is 3. The Morgan fingerprint density at radius 2 is 2.00 bits per heavy atom. The van der Waals surface area contributed by atoms with E-state index in [1.54, 1.807) is 6.92 Å². The zero-order valence-corrected chi connectivity index (χ0v) is 9.32. The first-order valence-corrected chi connectivity index (χ1v) is 5.31. The van der Waals surface area contributed by atoms with Gasteiger partial charge in [0.2, 0.25) is 5.91 Å². The lowest BCUT2D eigenvalue weighted by molar-refractivity contribution is -0.142. The summed E-state index contributed by atoms with van der Waals surface area (Å²) in [7, 11) is 0. The first kappa shape index (κ1) is 13.9. The summed E-state index contributed by atoms with van der Waals surface area (Å²) in [4.78, 5) is 22.1. The first-order valence-electron chi connectivity index (χ1n) is 5.31. The molecule has 0 fully saturated rings. The molecule has 88 valence electrons. The smallest absolute Gasteiger partial charge is 0.326 e. The molecule has 1 unspecified atom stereocenters. The van der Waals surface area contributed by atoms with E-state index in [0.29, 0.717) is 12.8 Å². The molecule has 0 aromatic carbocycles. The molecule has 4 N–H and O–H groups in total. The normalized spacial score (nSPS) is 14.3. The van der Waals surface area contributed by atoms with E-state index in [1.807, 2.05) is 6.92 Å². The van der Waals surface area contributed by atoms with Gasteiger partial charge in [-0.1, -0.05) is 26.7 Å². The van der Waals surface area contributed by atoms with Gasteiger partial charge in [0.25, 0.3) is 0 Å². The molecule has 0 radical (unpaired) electrons. The van der Waals surface area contributed by atoms with E-state index in [2.05, 4.69) is 5.32 Å². The summed E-state index contributed by atoms with van der Waals surface area (Å²) < 4.78 is 0. The molecule has 1 amide bonds. The summed E-state index contributed by atoms with van der Waals surface area (Å²) in [5, 5.41) is 11.1. The van der Waals surface area contributed by atoms with Crippen LogP contribution in [0.15, 0.2) is 0 Å². The number of amides is 1. The van der Waals surface area contributed by atoms with Gasteiger partial charge < -0.3 is 16.2 Å². The summed E-state index contributed by atoms with van der Waals surface area (Å²) >= 11 is 0. The maximum absolute atomic E-state index is 11.4. The van der Waals surface area contributed by atoms with Crippen LogP contribution in [-0.4, -0.2) is 29.1 Å². The van der Waals surface area contributed by atoms with Crippen LogP contribution in [0.25, 0.3) is 0 Å². The number of carbonyl (C=O) groups excluding carboxylic acids is 1. The second-order valence-corrected chi connectivity index (χ2v) is 3.56. The number of nitrogens with two attached hydrogens (primary N) is 1. The molecule has 0 saturated carbocycles. The van der Waals surface area contributed by atoms with Gasteiger partial charge in [0.05, 0.1) is 6.04 Å². The summed E-state index contributed by atoms with van der Waals surface area (Å²) in [6.45, 7) is 3.72. The first-order chi connectivity index (χ1) is 7.02. The van der Waals surface area contributed by atoms with Gasteiger partial charge in [-0.15, -0.1) is 0 Å². The van der Waals surface area contributed by atoms with Crippen LogP contribution < -0.4 is 11.1 Å². The Balaban J connectivity index is 4.04. The lowest BCUT2D eigenvalue weighted by Crippen LogP contribution is -2.48. The standard InChI is InChI=1S/C10H20N2O3/c1-3-5-6-7(11)9(13)12-8(4-2)10(14)15/h7-8H,3-6,11H2,1-2H3,(H,12,13)(H,14,15)/t7?,8-/m1/s1. The third-order valence-corrected chi connectivity index (χ3v) is 2.23. The molecule has 0 saturated heterocycles. The molecule has 5 nitrogen and oxygen atoms in total. The topological polar surface area (TPSA) is 92.4 Å². The third-order valence-electron chi connectivity index (χ3n) is 2.23. The highest BCUT2D eigenvalue weighted by atomic mass is 16.4. The number of nitrogens with one attached hydrogen (secondary N) is 1. The van der Waals surface area contributed by atoms with Crippen LogP contribution in [0.5, 0.6) is 0 Å². The summed E-state index contributed by atoms with van der Waals surface area (Å²) in [6.07, 6.45) is 2.80. The van der Waals surface area contributed by atoms with Gasteiger partial charge >= 0.3 is 5.97 Å². The van der Waals surface area contributed by atoms with Crippen LogP contribution in [0.4, 0.5) is 0 Å². The van der Waals surface area contributed by atoms with Crippen molar-refractivity contribution in [1.82, 2.24) is 5.32 Å². The maximum Gasteiger partial charge on any atom is 0.326 e. The summed E-state index contributed by atoms with van der Waals surface area (Å²) in [5.74, 6) is -1.40. The van der Waals surface area contributed by atoms with Crippen LogP contribution in [0, 0.1) is 0 Å². The van der Waals surface area contributed by atoms with Crippen molar-refractivity contribution >= 4 is 11.9 Å². The number of carbonyl (C=O) groups is 2. The van der Waals surface area contributed by atoms with E-state index in [9.17, 15) is 9.59 Å². The van der Waals surface area contributed by atoms with Crippen molar-refractivity contribution in [3.8, 4) is 0 Å². The molecular formula is C10H20N2O3. The Morgan fingerprint density at radius 1 is 1.40 bits per heavy atom. The molecular weight excluding hydrogens is 196 g/mol. The fourth-order valence-electron chi connectivity index (χ4n) is 1.17. The molecule has 0 bridgehead atoms. The second-order valence-electron chi connectivity index (χ2n) is 3.56. The van der Waals surface area contributed by atoms with Crippen LogP contribution in [-0.2, 0) is 9.59 Å². The van der Waals surface area contributed by atoms with E-state index in [4.69, 9.17) is 10.8 Å². The van der Waals surface area contributed by atoms with Crippen molar-refractivity contribution in [2.75, 3.05) is 0 Å². The highest BCUT2D eigenvalue weighted by molar-refractivity contribution is 5.86. The van der Waals surface area contributed by atoms with Gasteiger partial charge in [-0.3, -0.25) is 4.79 Å². The lowest BCUT2D eigenvalue weighted by Gasteiger charge is -2.16. The van der Waals surface area contributed by atoms with Crippen molar-refractivity contribution < 1.29 is 14.7 Å². The highest BCUT2D eigenvalue weighted by Crippen LogP contribution is 1.99. The number of carboxylic acids is 1. The van der Waals surface area contributed by atoms with Gasteiger partial charge in [-0.05, 0) is 12.8 Å². The Labute approximate surface area is 90.0 Å². The van der Waals surface area contributed by atoms with Crippen LogP contribution in [0.1, 0.15) is 39.5 Å². The van der Waals surface area contributed by atoms with Crippen molar-refractivity contribution in [2.45, 2.75) is 51.6 Å². The van der Waals surface area contributed by atoms with Gasteiger partial charge in [-0.2, -0.15) is 0 Å². The Hall–Kier alpha value is -1.10. The predicted molar refractivity (Wildman–Crippen MR) is 57.4 cm³/mol. The fraction of sp³-hybridized carbons (Fsp3) is 0.800. The van der Waals surface area contributed by atoms with Crippen LogP contribution in [0.2, 0.25) is 0 Å². The molecule has 0 aromatic rings. The number of hydrogen-bond donors (Lipinski definition) is 3. The van der Waals surface area contributed by atoms with E-state index in [0.717, 1.165) is 12.8 Å². The average Bonchev–Trinajstić information content (AvgIpc) is 2.21. The van der Waals surface area contributed by atoms with E-state index >= 15 is 0 Å². The van der Waals surface area contributed by atoms with Crippen molar-refractivity contribution in [3.05, 3.63) is 0 Å². The molecule has 0 aliphatic rings. The largest absolute Gasteiger partial charge is 0.480 e. The van der Waals surface area contributed by atoms with Gasteiger partial charge in [0, 0.05) is 0 Å². The van der Waals surface area contributed by atoms with Crippen molar-refractivity contribution in [3.63, 3.8) is 0 Å². The number of aliphatic carboxylic acids is 1. The van der Waals surface area contributed by atoms with Crippen LogP contribution >= 0.6 is 0 Å². The van der Waals surface area contributed by atoms with E-state index in [-0.39, 0.29) is 5.91 Å². The molecule has 5 heteroatoms. The van der Waals surface area contributed by atoms with E-state index in [1.165, 1.54) is 0 Å². The minimum absolute atomic E-state index is 0.363. The molecule has 0 aliphatic carbocycles. The fourth-order valence-corrected chi connectivity index (χ4v) is 1.17. The Bertz CT molecular complexity index is 219. The monoisotopic (exact) mass is 216 g/mol. The Kier molecular flexibility index (Phi) is 6.70. The van der Waals surface area contributed by atoms with Crippen molar-refractivity contribution in [2.24, 2.45) is 5.73 Å². The number of carboxylic acid groups (broad SMARTS) is 1. The molecule has 2 atom stereocenters. The zero-order valence-electron chi connectivity index (χ0n) is 9.32. The van der Waals surface area contributed by atoms with Crippen LogP contribution in [0.3, 0.4) is 0 Å². The van der Waals surface area contributed by atoms with Gasteiger partial charge in [-0.25, -0.2) is 4.79 Å². The number of rotatable bonds is 7. The average molecular weight is 216 g/mol. The van der Waals surface area contributed by atoms with Crippen molar-refractivity contribution in [1.29, 1.82) is 0 Å².